The summed E-state index contributed by atoms with van der Waals surface area (Å²) in [5.41, 5.74) is 0.888. The van der Waals surface area contributed by atoms with E-state index in [-0.39, 0.29) is 22.2 Å². The smallest absolute Gasteiger partial charge is 0.311 e. The fourth-order valence-electron chi connectivity index (χ4n) is 6.14. The number of allylic oxidation sites excluding steroid dienone is 2. The molecule has 0 N–H and O–H groups in total. The van der Waals surface area contributed by atoms with Gasteiger partial charge in [-0.3, -0.25) is 4.79 Å². The molecular formula is C20H30O3. The van der Waals surface area contributed by atoms with Crippen molar-refractivity contribution in [2.24, 2.45) is 28.1 Å². The van der Waals surface area contributed by atoms with Crippen LogP contribution >= 0.6 is 0 Å². The van der Waals surface area contributed by atoms with Gasteiger partial charge in [0.2, 0.25) is 0 Å². The molecule has 2 fully saturated rings. The second kappa shape index (κ2) is 5.46. The molecule has 3 heteroatoms. The molecule has 5 unspecified atom stereocenters. The Morgan fingerprint density at radius 3 is 2.61 bits per heavy atom. The molecular weight excluding hydrogens is 288 g/mol. The number of hydrogen-bond acceptors (Lipinski definition) is 3. The van der Waals surface area contributed by atoms with Crippen LogP contribution in [0, 0.1) is 28.1 Å². The van der Waals surface area contributed by atoms with Gasteiger partial charge in [-0.25, -0.2) is 0 Å². The number of rotatable bonds is 2. The molecule has 0 aromatic heterocycles. The molecule has 0 spiro atoms. The zero-order valence-electron chi connectivity index (χ0n) is 15.0. The number of ether oxygens (including phenoxy) is 1. The van der Waals surface area contributed by atoms with Crippen LogP contribution in [0.1, 0.15) is 65.7 Å². The Hall–Kier alpha value is -1.12. The largest absolute Gasteiger partial charge is 0.469 e. The van der Waals surface area contributed by atoms with Gasteiger partial charge in [0.05, 0.1) is 12.5 Å². The standard InChI is InChI=1S/C20H30O3/c1-18(13-21)10-5-7-15-14(18)8-9-16-19(15,2)11-6-12-20(16,3)17(22)23-4/h7,13-14,16H,5-6,8-12H2,1-4H3. The number of esters is 1. The molecule has 2 saturated carbocycles. The SMILES string of the molecule is COC(=O)C1(C)CCCC2(C)C3=CCCC(C)(C=O)C3CCC12. The Balaban J connectivity index is 2.03. The highest BCUT2D eigenvalue weighted by atomic mass is 16.5. The van der Waals surface area contributed by atoms with E-state index in [9.17, 15) is 9.59 Å². The Kier molecular flexibility index (Phi) is 3.97. The van der Waals surface area contributed by atoms with E-state index in [0.29, 0.717) is 11.8 Å². The van der Waals surface area contributed by atoms with Crippen LogP contribution in [0.4, 0.5) is 0 Å². The average molecular weight is 318 g/mol. The average Bonchev–Trinajstić information content (AvgIpc) is 2.54. The van der Waals surface area contributed by atoms with E-state index in [1.54, 1.807) is 0 Å². The lowest BCUT2D eigenvalue weighted by Gasteiger charge is -2.59. The first-order valence-corrected chi connectivity index (χ1v) is 9.07. The molecule has 3 rings (SSSR count). The molecule has 0 aromatic carbocycles. The fourth-order valence-corrected chi connectivity index (χ4v) is 6.14. The summed E-state index contributed by atoms with van der Waals surface area (Å²) < 4.78 is 5.17. The van der Waals surface area contributed by atoms with Gasteiger partial charge in [-0.2, -0.15) is 0 Å². The zero-order chi connectivity index (χ0) is 16.9. The molecule has 0 heterocycles. The maximum absolute atomic E-state index is 12.5. The van der Waals surface area contributed by atoms with Crippen molar-refractivity contribution in [3.05, 3.63) is 11.6 Å². The minimum atomic E-state index is -0.386. The normalized spacial score (nSPS) is 46.2. The highest BCUT2D eigenvalue weighted by Gasteiger charge is 2.59. The van der Waals surface area contributed by atoms with Crippen LogP contribution in [0.5, 0.6) is 0 Å². The van der Waals surface area contributed by atoms with Gasteiger partial charge < -0.3 is 9.53 Å². The first-order valence-electron chi connectivity index (χ1n) is 9.07. The number of aldehydes is 1. The Morgan fingerprint density at radius 2 is 1.96 bits per heavy atom. The third-order valence-electron chi connectivity index (χ3n) is 7.47. The Morgan fingerprint density at radius 1 is 1.22 bits per heavy atom. The van der Waals surface area contributed by atoms with E-state index < -0.39 is 0 Å². The van der Waals surface area contributed by atoms with Gasteiger partial charge in [-0.05, 0) is 62.7 Å². The van der Waals surface area contributed by atoms with Crippen molar-refractivity contribution in [1.82, 2.24) is 0 Å². The van der Waals surface area contributed by atoms with Gasteiger partial charge in [0.1, 0.15) is 6.29 Å². The topological polar surface area (TPSA) is 43.4 Å². The van der Waals surface area contributed by atoms with Crippen LogP contribution in [0.15, 0.2) is 11.6 Å². The maximum Gasteiger partial charge on any atom is 0.311 e. The first-order chi connectivity index (χ1) is 10.8. The summed E-state index contributed by atoms with van der Waals surface area (Å²) in [5.74, 6) is 0.629. The third kappa shape index (κ3) is 2.22. The van der Waals surface area contributed by atoms with Gasteiger partial charge in [0.15, 0.2) is 0 Å². The minimum Gasteiger partial charge on any atom is -0.469 e. The van der Waals surface area contributed by atoms with Crippen molar-refractivity contribution in [2.45, 2.75) is 65.7 Å². The lowest BCUT2D eigenvalue weighted by atomic mass is 9.44. The van der Waals surface area contributed by atoms with Gasteiger partial charge in [-0.1, -0.05) is 31.9 Å². The number of hydrogen-bond donors (Lipinski definition) is 0. The summed E-state index contributed by atoms with van der Waals surface area (Å²) in [6.07, 6.45) is 10.7. The van der Waals surface area contributed by atoms with E-state index >= 15 is 0 Å². The summed E-state index contributed by atoms with van der Waals surface area (Å²) in [4.78, 5) is 24.3. The van der Waals surface area contributed by atoms with Gasteiger partial charge in [0.25, 0.3) is 0 Å². The molecule has 0 aliphatic heterocycles. The molecule has 0 amide bonds. The summed E-state index contributed by atoms with van der Waals surface area (Å²) >= 11 is 0. The lowest BCUT2D eigenvalue weighted by Crippen LogP contribution is -2.54. The minimum absolute atomic E-state index is 0.0365. The van der Waals surface area contributed by atoms with Crippen molar-refractivity contribution in [3.63, 3.8) is 0 Å². The summed E-state index contributed by atoms with van der Waals surface area (Å²) in [6, 6.07) is 0. The summed E-state index contributed by atoms with van der Waals surface area (Å²) in [6.45, 7) is 6.57. The van der Waals surface area contributed by atoms with E-state index in [2.05, 4.69) is 26.8 Å². The van der Waals surface area contributed by atoms with Crippen LogP contribution in [-0.4, -0.2) is 19.4 Å². The highest BCUT2D eigenvalue weighted by molar-refractivity contribution is 5.77. The first kappa shape index (κ1) is 16.7. The second-order valence-corrected chi connectivity index (χ2v) is 8.68. The highest BCUT2D eigenvalue weighted by Crippen LogP contribution is 2.64. The molecule has 23 heavy (non-hydrogen) atoms. The summed E-state index contributed by atoms with van der Waals surface area (Å²) in [5, 5.41) is 0. The predicted molar refractivity (Wildman–Crippen MR) is 89.8 cm³/mol. The van der Waals surface area contributed by atoms with Crippen molar-refractivity contribution in [1.29, 1.82) is 0 Å². The van der Waals surface area contributed by atoms with Gasteiger partial charge in [-0.15, -0.1) is 0 Å². The summed E-state index contributed by atoms with van der Waals surface area (Å²) in [7, 11) is 1.51. The van der Waals surface area contributed by atoms with Crippen molar-refractivity contribution >= 4 is 12.3 Å². The molecule has 3 nitrogen and oxygen atoms in total. The van der Waals surface area contributed by atoms with Crippen LogP contribution < -0.4 is 0 Å². The zero-order valence-corrected chi connectivity index (χ0v) is 15.0. The molecule has 0 saturated heterocycles. The van der Waals surface area contributed by atoms with E-state index in [1.165, 1.54) is 19.0 Å². The number of methoxy groups -OCH3 is 1. The van der Waals surface area contributed by atoms with Gasteiger partial charge in [0, 0.05) is 5.41 Å². The maximum atomic E-state index is 12.5. The predicted octanol–water partition coefficient (Wildman–Crippen LogP) is 4.31. The molecule has 0 bridgehead atoms. The number of carbonyl (C=O) groups is 2. The van der Waals surface area contributed by atoms with Crippen LogP contribution in [0.3, 0.4) is 0 Å². The lowest BCUT2D eigenvalue weighted by molar-refractivity contribution is -0.165. The molecule has 5 atom stereocenters. The van der Waals surface area contributed by atoms with Crippen molar-refractivity contribution in [2.75, 3.05) is 7.11 Å². The number of fused-ring (bicyclic) bond motifs is 3. The number of carbonyl (C=O) groups excluding carboxylic acids is 2. The third-order valence-corrected chi connectivity index (χ3v) is 7.47. The molecule has 3 aliphatic rings. The molecule has 0 radical (unpaired) electrons. The van der Waals surface area contributed by atoms with E-state index in [0.717, 1.165) is 44.9 Å². The molecule has 128 valence electrons. The molecule has 0 aromatic rings. The molecule has 3 aliphatic carbocycles. The van der Waals surface area contributed by atoms with Crippen LogP contribution in [0.2, 0.25) is 0 Å². The van der Waals surface area contributed by atoms with E-state index in [1.807, 2.05) is 0 Å². The van der Waals surface area contributed by atoms with Gasteiger partial charge >= 0.3 is 5.97 Å². The van der Waals surface area contributed by atoms with Crippen molar-refractivity contribution < 1.29 is 14.3 Å². The Bertz CT molecular complexity index is 551. The quantitative estimate of drug-likeness (QED) is 0.433. The van der Waals surface area contributed by atoms with Crippen LogP contribution in [-0.2, 0) is 14.3 Å². The second-order valence-electron chi connectivity index (χ2n) is 8.68. The van der Waals surface area contributed by atoms with E-state index in [4.69, 9.17) is 4.74 Å². The van der Waals surface area contributed by atoms with Crippen LogP contribution in [0.25, 0.3) is 0 Å². The fraction of sp³-hybridized carbons (Fsp3) is 0.800. The monoisotopic (exact) mass is 318 g/mol. The Labute approximate surface area is 139 Å². The van der Waals surface area contributed by atoms with Crippen molar-refractivity contribution in [3.8, 4) is 0 Å².